The zero-order chi connectivity index (χ0) is 18.4. The number of amides is 2. The largest absolute Gasteiger partial charge is 0.493 e. The molecule has 2 N–H and O–H groups in total. The Morgan fingerprint density at radius 3 is 2.84 bits per heavy atom. The van der Waals surface area contributed by atoms with Crippen molar-refractivity contribution in [1.29, 1.82) is 0 Å². The Hall–Kier alpha value is -2.50. The molecule has 1 aliphatic rings. The van der Waals surface area contributed by atoms with Crippen molar-refractivity contribution >= 4 is 17.9 Å². The van der Waals surface area contributed by atoms with Crippen LogP contribution in [0.25, 0.3) is 6.08 Å². The normalized spacial score (nSPS) is 16.9. The summed E-state index contributed by atoms with van der Waals surface area (Å²) >= 11 is 0. The molecule has 1 aliphatic heterocycles. The fourth-order valence-electron chi connectivity index (χ4n) is 2.69. The van der Waals surface area contributed by atoms with E-state index in [9.17, 15) is 9.59 Å². The van der Waals surface area contributed by atoms with Crippen molar-refractivity contribution in [2.75, 3.05) is 13.2 Å². The average molecular weight is 346 g/mol. The number of nitrogens with one attached hydrogen (secondary N) is 2. The second-order valence-electron chi connectivity index (χ2n) is 6.02. The summed E-state index contributed by atoms with van der Waals surface area (Å²) in [6.07, 6.45) is 4.07. The lowest BCUT2D eigenvalue weighted by Crippen LogP contribution is -2.44. The van der Waals surface area contributed by atoms with Gasteiger partial charge in [0, 0.05) is 30.2 Å². The monoisotopic (exact) mass is 346 g/mol. The molecule has 1 aromatic carbocycles. The van der Waals surface area contributed by atoms with Crippen LogP contribution in [0.3, 0.4) is 0 Å². The van der Waals surface area contributed by atoms with E-state index in [4.69, 9.17) is 9.47 Å². The maximum absolute atomic E-state index is 12.0. The number of rotatable bonds is 7. The summed E-state index contributed by atoms with van der Waals surface area (Å²) in [6, 6.07) is 3.27. The van der Waals surface area contributed by atoms with Gasteiger partial charge in [0.25, 0.3) is 0 Å². The smallest absolute Gasteiger partial charge is 0.244 e. The molecule has 1 heterocycles. The number of fused-ring (bicyclic) bond motifs is 1. The highest BCUT2D eigenvalue weighted by atomic mass is 16.5. The van der Waals surface area contributed by atoms with Crippen LogP contribution in [0.1, 0.15) is 38.8 Å². The van der Waals surface area contributed by atoms with Crippen molar-refractivity contribution in [2.45, 2.75) is 46.3 Å². The number of hydrogen-bond acceptors (Lipinski definition) is 4. The van der Waals surface area contributed by atoms with Gasteiger partial charge in [0.15, 0.2) is 0 Å². The highest BCUT2D eigenvalue weighted by Crippen LogP contribution is 2.35. The first-order valence-corrected chi connectivity index (χ1v) is 8.67. The van der Waals surface area contributed by atoms with Gasteiger partial charge >= 0.3 is 0 Å². The second-order valence-corrected chi connectivity index (χ2v) is 6.02. The maximum atomic E-state index is 12.0. The highest BCUT2D eigenvalue weighted by Gasteiger charge is 2.21. The summed E-state index contributed by atoms with van der Waals surface area (Å²) in [4.78, 5) is 23.7. The molecule has 6 heteroatoms. The van der Waals surface area contributed by atoms with Crippen LogP contribution in [0.5, 0.6) is 11.5 Å². The Labute approximate surface area is 148 Å². The van der Waals surface area contributed by atoms with Crippen LogP contribution in [0.2, 0.25) is 0 Å². The number of benzene rings is 1. The third kappa shape index (κ3) is 4.98. The van der Waals surface area contributed by atoms with Crippen LogP contribution in [-0.4, -0.2) is 37.1 Å². The fraction of sp³-hybridized carbons (Fsp3) is 0.474. The van der Waals surface area contributed by atoms with Gasteiger partial charge in [-0.1, -0.05) is 0 Å². The SMILES string of the molecule is CCNC(=O)[C@@H](C)NC(=O)/C=C/c1cc2c(cc1OCC)C[C@H](C)O2. The summed E-state index contributed by atoms with van der Waals surface area (Å²) in [5.74, 6) is 1.00. The lowest BCUT2D eigenvalue weighted by molar-refractivity contribution is -0.126. The quantitative estimate of drug-likeness (QED) is 0.741. The Bertz CT molecular complexity index is 670. The minimum Gasteiger partial charge on any atom is -0.493 e. The standard InChI is InChI=1S/C19H26N2O4/c1-5-20-19(23)13(4)21-18(22)8-7-14-10-17-15(9-12(3)25-17)11-16(14)24-6-2/h7-8,10-13H,5-6,9H2,1-4H3,(H,20,23)(H,21,22)/b8-7+/t12-,13+/m0/s1. The van der Waals surface area contributed by atoms with Gasteiger partial charge in [-0.3, -0.25) is 9.59 Å². The third-order valence-corrected chi connectivity index (χ3v) is 3.85. The van der Waals surface area contributed by atoms with Gasteiger partial charge in [0.05, 0.1) is 6.61 Å². The highest BCUT2D eigenvalue weighted by molar-refractivity contribution is 5.95. The van der Waals surface area contributed by atoms with E-state index < -0.39 is 6.04 Å². The molecule has 0 saturated heterocycles. The van der Waals surface area contributed by atoms with Crippen molar-refractivity contribution in [1.82, 2.24) is 10.6 Å². The molecule has 25 heavy (non-hydrogen) atoms. The Kier molecular flexibility index (Phi) is 6.44. The van der Waals surface area contributed by atoms with Gasteiger partial charge < -0.3 is 20.1 Å². The van der Waals surface area contributed by atoms with Gasteiger partial charge in [-0.25, -0.2) is 0 Å². The molecule has 0 saturated carbocycles. The lowest BCUT2D eigenvalue weighted by atomic mass is 10.1. The van der Waals surface area contributed by atoms with Crippen LogP contribution >= 0.6 is 0 Å². The molecule has 6 nitrogen and oxygen atoms in total. The molecule has 0 fully saturated rings. The molecule has 1 aromatic rings. The Morgan fingerprint density at radius 2 is 2.16 bits per heavy atom. The fourth-order valence-corrected chi connectivity index (χ4v) is 2.69. The zero-order valence-corrected chi connectivity index (χ0v) is 15.2. The molecule has 0 spiro atoms. The Morgan fingerprint density at radius 1 is 1.40 bits per heavy atom. The van der Waals surface area contributed by atoms with Crippen LogP contribution in [0.4, 0.5) is 0 Å². The summed E-state index contributed by atoms with van der Waals surface area (Å²) in [6.45, 7) is 8.48. The van der Waals surface area contributed by atoms with E-state index in [0.717, 1.165) is 29.0 Å². The molecule has 0 aliphatic carbocycles. The number of carbonyl (C=O) groups excluding carboxylic acids is 2. The molecule has 0 aromatic heterocycles. The van der Waals surface area contributed by atoms with E-state index in [0.29, 0.717) is 13.2 Å². The average Bonchev–Trinajstić information content (AvgIpc) is 2.92. The van der Waals surface area contributed by atoms with E-state index in [1.165, 1.54) is 6.08 Å². The predicted molar refractivity (Wildman–Crippen MR) is 96.7 cm³/mol. The predicted octanol–water partition coefficient (Wildman–Crippen LogP) is 2.06. The number of likely N-dealkylation sites (N-methyl/N-ethyl adjacent to an activating group) is 1. The maximum Gasteiger partial charge on any atom is 0.244 e. The molecule has 2 amide bonds. The summed E-state index contributed by atoms with van der Waals surface area (Å²) < 4.78 is 11.4. The van der Waals surface area contributed by atoms with E-state index in [2.05, 4.69) is 10.6 Å². The zero-order valence-electron chi connectivity index (χ0n) is 15.2. The minimum absolute atomic E-state index is 0.143. The number of ether oxygens (including phenoxy) is 2. The van der Waals surface area contributed by atoms with Gasteiger partial charge in [0.1, 0.15) is 23.6 Å². The van der Waals surface area contributed by atoms with Gasteiger partial charge in [0.2, 0.25) is 11.8 Å². The van der Waals surface area contributed by atoms with Gasteiger partial charge in [-0.05, 0) is 45.9 Å². The molecule has 2 atom stereocenters. The molecule has 0 bridgehead atoms. The molecular formula is C19H26N2O4. The lowest BCUT2D eigenvalue weighted by Gasteiger charge is -2.12. The third-order valence-electron chi connectivity index (χ3n) is 3.85. The molecular weight excluding hydrogens is 320 g/mol. The number of hydrogen-bond donors (Lipinski definition) is 2. The molecule has 0 unspecified atom stereocenters. The van der Waals surface area contributed by atoms with Crippen LogP contribution in [0.15, 0.2) is 18.2 Å². The minimum atomic E-state index is -0.590. The summed E-state index contributed by atoms with van der Waals surface area (Å²) in [5, 5.41) is 5.30. The summed E-state index contributed by atoms with van der Waals surface area (Å²) in [7, 11) is 0. The van der Waals surface area contributed by atoms with E-state index in [1.54, 1.807) is 13.0 Å². The van der Waals surface area contributed by atoms with Crippen molar-refractivity contribution in [3.8, 4) is 11.5 Å². The van der Waals surface area contributed by atoms with Gasteiger partial charge in [-0.15, -0.1) is 0 Å². The summed E-state index contributed by atoms with van der Waals surface area (Å²) in [5.41, 5.74) is 1.89. The van der Waals surface area contributed by atoms with Crippen molar-refractivity contribution in [3.63, 3.8) is 0 Å². The van der Waals surface area contributed by atoms with E-state index in [-0.39, 0.29) is 17.9 Å². The van der Waals surface area contributed by atoms with Crippen molar-refractivity contribution in [3.05, 3.63) is 29.3 Å². The molecule has 136 valence electrons. The van der Waals surface area contributed by atoms with Crippen molar-refractivity contribution in [2.24, 2.45) is 0 Å². The second kappa shape index (κ2) is 8.55. The first-order valence-electron chi connectivity index (χ1n) is 8.67. The van der Waals surface area contributed by atoms with Crippen LogP contribution in [0, 0.1) is 0 Å². The van der Waals surface area contributed by atoms with Crippen LogP contribution < -0.4 is 20.1 Å². The van der Waals surface area contributed by atoms with Crippen molar-refractivity contribution < 1.29 is 19.1 Å². The van der Waals surface area contributed by atoms with E-state index in [1.807, 2.05) is 32.9 Å². The van der Waals surface area contributed by atoms with Gasteiger partial charge in [-0.2, -0.15) is 0 Å². The first kappa shape index (κ1) is 18.8. The van der Waals surface area contributed by atoms with Crippen LogP contribution in [-0.2, 0) is 16.0 Å². The first-order chi connectivity index (χ1) is 11.9. The molecule has 0 radical (unpaired) electrons. The number of carbonyl (C=O) groups is 2. The topological polar surface area (TPSA) is 76.7 Å². The van der Waals surface area contributed by atoms with E-state index >= 15 is 0 Å². The molecule has 2 rings (SSSR count). The Balaban J connectivity index is 2.10.